The van der Waals surface area contributed by atoms with Crippen molar-refractivity contribution in [1.29, 1.82) is 0 Å². The van der Waals surface area contributed by atoms with Crippen LogP contribution in [0.5, 0.6) is 11.5 Å². The van der Waals surface area contributed by atoms with E-state index in [2.05, 4.69) is 0 Å². The number of piperidine rings is 1. The van der Waals surface area contributed by atoms with Gasteiger partial charge in [0.15, 0.2) is 20.8 Å². The molecule has 2 aromatic carbocycles. The third-order valence-electron chi connectivity index (χ3n) is 5.60. The number of ether oxygens (including phenoxy) is 2. The lowest BCUT2D eigenvalue weighted by Gasteiger charge is -2.51. The molecule has 1 fully saturated rings. The van der Waals surface area contributed by atoms with Gasteiger partial charge < -0.3 is 14.4 Å². The van der Waals surface area contributed by atoms with Crippen molar-refractivity contribution in [3.05, 3.63) is 54.1 Å². The molecule has 2 aliphatic rings. The van der Waals surface area contributed by atoms with Gasteiger partial charge in [0.1, 0.15) is 11.5 Å². The lowest BCUT2D eigenvalue weighted by molar-refractivity contribution is -0.159. The molecule has 2 heterocycles. The van der Waals surface area contributed by atoms with E-state index in [1.165, 1.54) is 17.0 Å². The smallest absolute Gasteiger partial charge is 0.244 e. The van der Waals surface area contributed by atoms with Crippen LogP contribution in [0.3, 0.4) is 0 Å². The van der Waals surface area contributed by atoms with Crippen molar-refractivity contribution in [2.75, 3.05) is 14.2 Å². The number of rotatable bonds is 3. The molecule has 0 radical (unpaired) electrons. The number of nitrogens with zero attached hydrogens (tertiary/aromatic N) is 1. The number of methoxy groups -OCH3 is 1. The van der Waals surface area contributed by atoms with Gasteiger partial charge in [-0.1, -0.05) is 18.2 Å². The SMILES string of the molecule is COc1ccc2c(c1)[C@H]1C[C@@](C)(O2)N(C)C(=O)[C@@H]1S(=O)(=O)c1ccccc1. The standard InChI is InChI=1S/C20H21NO5S/c1-20-12-16(15-11-13(25-3)9-10-17(15)26-20)18(19(22)21(20)2)27(23,24)14-7-5-4-6-8-14/h4-11,16,18H,12H2,1-3H3/t16-,18-,20-/m1/s1. The Morgan fingerprint density at radius 1 is 1.19 bits per heavy atom. The van der Waals surface area contributed by atoms with Gasteiger partial charge in [0.05, 0.1) is 12.0 Å². The van der Waals surface area contributed by atoms with Crippen molar-refractivity contribution in [3.63, 3.8) is 0 Å². The first-order valence-corrected chi connectivity index (χ1v) is 10.3. The molecule has 0 aromatic heterocycles. The maximum atomic E-state index is 13.4. The highest BCUT2D eigenvalue weighted by Gasteiger charge is 2.57. The number of hydrogen-bond acceptors (Lipinski definition) is 5. The van der Waals surface area contributed by atoms with Crippen LogP contribution in [0.25, 0.3) is 0 Å². The fraction of sp³-hybridized carbons (Fsp3) is 0.350. The van der Waals surface area contributed by atoms with E-state index < -0.39 is 32.6 Å². The van der Waals surface area contributed by atoms with Gasteiger partial charge in [0.2, 0.25) is 5.91 Å². The Labute approximate surface area is 158 Å². The van der Waals surface area contributed by atoms with E-state index in [4.69, 9.17) is 9.47 Å². The molecule has 2 aromatic rings. The van der Waals surface area contributed by atoms with E-state index in [0.29, 0.717) is 23.5 Å². The largest absolute Gasteiger partial charge is 0.497 e. The molecular weight excluding hydrogens is 366 g/mol. The van der Waals surface area contributed by atoms with E-state index >= 15 is 0 Å². The second kappa shape index (κ2) is 5.99. The van der Waals surface area contributed by atoms with E-state index in [9.17, 15) is 13.2 Å². The average Bonchev–Trinajstić information content (AvgIpc) is 2.66. The first-order chi connectivity index (χ1) is 12.8. The highest BCUT2D eigenvalue weighted by Crippen LogP contribution is 2.50. The summed E-state index contributed by atoms with van der Waals surface area (Å²) in [5, 5.41) is -1.20. The highest BCUT2D eigenvalue weighted by atomic mass is 32.2. The van der Waals surface area contributed by atoms with Crippen molar-refractivity contribution in [1.82, 2.24) is 4.90 Å². The predicted octanol–water partition coefficient (Wildman–Crippen LogP) is 2.59. The minimum absolute atomic E-state index is 0.149. The molecule has 0 N–H and O–H groups in total. The maximum Gasteiger partial charge on any atom is 0.244 e. The van der Waals surface area contributed by atoms with Crippen molar-refractivity contribution >= 4 is 15.7 Å². The van der Waals surface area contributed by atoms with Gasteiger partial charge in [0, 0.05) is 24.9 Å². The Balaban J connectivity index is 1.91. The summed E-state index contributed by atoms with van der Waals surface area (Å²) in [6, 6.07) is 13.4. The number of hydrogen-bond donors (Lipinski definition) is 0. The van der Waals surface area contributed by atoms with E-state index in [1.807, 2.05) is 6.92 Å². The van der Waals surface area contributed by atoms with Crippen LogP contribution >= 0.6 is 0 Å². The molecule has 2 bridgehead atoms. The molecule has 142 valence electrons. The summed E-state index contributed by atoms with van der Waals surface area (Å²) >= 11 is 0. The van der Waals surface area contributed by atoms with Gasteiger partial charge in [-0.05, 0) is 37.3 Å². The summed E-state index contributed by atoms with van der Waals surface area (Å²) in [5.74, 6) is 0.221. The van der Waals surface area contributed by atoms with Crippen LogP contribution in [0.1, 0.15) is 24.8 Å². The summed E-state index contributed by atoms with van der Waals surface area (Å²) in [6.45, 7) is 1.82. The quantitative estimate of drug-likeness (QED) is 0.809. The summed E-state index contributed by atoms with van der Waals surface area (Å²) in [6.07, 6.45) is 0.395. The van der Waals surface area contributed by atoms with Gasteiger partial charge in [-0.2, -0.15) is 0 Å². The molecule has 1 saturated heterocycles. The van der Waals surface area contributed by atoms with Crippen LogP contribution in [0.2, 0.25) is 0 Å². The van der Waals surface area contributed by atoms with E-state index in [0.717, 1.165) is 0 Å². The molecule has 1 amide bonds. The Kier molecular flexibility index (Phi) is 3.96. The van der Waals surface area contributed by atoms with Crippen LogP contribution < -0.4 is 9.47 Å². The van der Waals surface area contributed by atoms with Crippen molar-refractivity contribution in [2.45, 2.75) is 35.1 Å². The lowest BCUT2D eigenvalue weighted by Crippen LogP contribution is -2.64. The van der Waals surface area contributed by atoms with Gasteiger partial charge in [-0.3, -0.25) is 4.79 Å². The molecule has 27 heavy (non-hydrogen) atoms. The summed E-state index contributed by atoms with van der Waals surface area (Å²) < 4.78 is 38.2. The molecule has 0 spiro atoms. The van der Waals surface area contributed by atoms with Crippen LogP contribution in [0, 0.1) is 0 Å². The fourth-order valence-corrected chi connectivity index (χ4v) is 5.94. The van der Waals surface area contributed by atoms with Gasteiger partial charge in [-0.15, -0.1) is 0 Å². The lowest BCUT2D eigenvalue weighted by atomic mass is 9.80. The number of carbonyl (C=O) groups is 1. The molecular formula is C20H21NO5S. The minimum atomic E-state index is -3.87. The molecule has 3 atom stereocenters. The maximum absolute atomic E-state index is 13.4. The van der Waals surface area contributed by atoms with Gasteiger partial charge in [0.25, 0.3) is 0 Å². The number of carbonyl (C=O) groups excluding carboxylic acids is 1. The summed E-state index contributed by atoms with van der Waals surface area (Å²) in [4.78, 5) is 14.7. The van der Waals surface area contributed by atoms with Crippen molar-refractivity contribution in [2.24, 2.45) is 0 Å². The second-order valence-corrected chi connectivity index (χ2v) is 9.24. The van der Waals surface area contributed by atoms with E-state index in [1.54, 1.807) is 50.6 Å². The Bertz CT molecular complexity index is 1000. The first kappa shape index (κ1) is 17.9. The molecule has 0 aliphatic carbocycles. The Morgan fingerprint density at radius 2 is 1.89 bits per heavy atom. The van der Waals surface area contributed by atoms with Crippen molar-refractivity contribution in [3.8, 4) is 11.5 Å². The number of likely N-dealkylation sites (tertiary alicyclic amines) is 1. The zero-order chi connectivity index (χ0) is 19.4. The zero-order valence-corrected chi connectivity index (χ0v) is 16.2. The first-order valence-electron chi connectivity index (χ1n) is 8.71. The molecule has 0 unspecified atom stereocenters. The van der Waals surface area contributed by atoms with E-state index in [-0.39, 0.29) is 4.90 Å². The van der Waals surface area contributed by atoms with Gasteiger partial charge in [-0.25, -0.2) is 8.42 Å². The minimum Gasteiger partial charge on any atom is -0.497 e. The zero-order valence-electron chi connectivity index (χ0n) is 15.4. The molecule has 6 nitrogen and oxygen atoms in total. The number of amides is 1. The molecule has 7 heteroatoms. The molecule has 2 aliphatic heterocycles. The third-order valence-corrected chi connectivity index (χ3v) is 7.73. The molecule has 4 rings (SSSR count). The van der Waals surface area contributed by atoms with Crippen LogP contribution in [-0.4, -0.2) is 44.4 Å². The summed E-state index contributed by atoms with van der Waals surface area (Å²) in [5.41, 5.74) is -0.191. The van der Waals surface area contributed by atoms with Gasteiger partial charge >= 0.3 is 0 Å². The van der Waals surface area contributed by atoms with Crippen molar-refractivity contribution < 1.29 is 22.7 Å². The highest BCUT2D eigenvalue weighted by molar-refractivity contribution is 7.92. The molecule has 0 saturated carbocycles. The fourth-order valence-electron chi connectivity index (χ4n) is 4.01. The number of sulfone groups is 1. The number of benzene rings is 2. The van der Waals surface area contributed by atoms with Crippen LogP contribution in [0.15, 0.2) is 53.4 Å². The Hall–Kier alpha value is -2.54. The average molecular weight is 387 g/mol. The third kappa shape index (κ3) is 2.60. The topological polar surface area (TPSA) is 72.9 Å². The van der Waals surface area contributed by atoms with Crippen LogP contribution in [-0.2, 0) is 14.6 Å². The number of fused-ring (bicyclic) bond motifs is 4. The van der Waals surface area contributed by atoms with Crippen LogP contribution in [0.4, 0.5) is 0 Å². The predicted molar refractivity (Wildman–Crippen MR) is 99.6 cm³/mol. The normalized spacial score (nSPS) is 26.9. The monoisotopic (exact) mass is 387 g/mol. The Morgan fingerprint density at radius 3 is 2.56 bits per heavy atom. The second-order valence-electron chi connectivity index (χ2n) is 7.17. The summed E-state index contributed by atoms with van der Waals surface area (Å²) in [7, 11) is -0.725.